The van der Waals surface area contributed by atoms with Crippen LogP contribution in [0.2, 0.25) is 0 Å². The molecule has 0 radical (unpaired) electrons. The van der Waals surface area contributed by atoms with Gasteiger partial charge in [-0.1, -0.05) is 19.3 Å². The number of ether oxygens (including phenoxy) is 2. The summed E-state index contributed by atoms with van der Waals surface area (Å²) in [5.74, 6) is -7.37. The molecular weight excluding hydrogens is 424 g/mol. The van der Waals surface area contributed by atoms with E-state index in [0.717, 1.165) is 56.4 Å². The molecule has 1 aliphatic rings. The topological polar surface area (TPSA) is 171 Å². The van der Waals surface area contributed by atoms with Crippen LogP contribution in [-0.2, 0) is 4.79 Å². The molecular formula is C22H22O10. The maximum atomic E-state index is 12.5. The highest BCUT2D eigenvalue weighted by molar-refractivity contribution is 5.94. The van der Waals surface area contributed by atoms with E-state index in [9.17, 15) is 34.8 Å². The minimum absolute atomic E-state index is 0.129. The van der Waals surface area contributed by atoms with Gasteiger partial charge in [0, 0.05) is 6.42 Å². The zero-order valence-electron chi connectivity index (χ0n) is 16.9. The zero-order valence-corrected chi connectivity index (χ0v) is 16.9. The molecule has 0 aromatic heterocycles. The fourth-order valence-corrected chi connectivity index (χ4v) is 3.53. The molecule has 3 rings (SSSR count). The summed E-state index contributed by atoms with van der Waals surface area (Å²) < 4.78 is 10.1. The predicted octanol–water partition coefficient (Wildman–Crippen LogP) is 3.30. The molecule has 0 aliphatic heterocycles. The first-order valence-electron chi connectivity index (χ1n) is 9.93. The number of phenolic OH excluding ortho intramolecular Hbond substituents is 4. The number of aromatic hydroxyl groups is 4. The Kier molecular flexibility index (Phi) is 6.72. The average molecular weight is 446 g/mol. The van der Waals surface area contributed by atoms with Crippen LogP contribution in [0.1, 0.15) is 59.2 Å². The van der Waals surface area contributed by atoms with Crippen LogP contribution >= 0.6 is 0 Å². The minimum atomic E-state index is -1.44. The number of esters is 2. The molecule has 170 valence electrons. The lowest BCUT2D eigenvalue weighted by molar-refractivity contribution is -0.135. The quantitative estimate of drug-likeness (QED) is 0.252. The van der Waals surface area contributed by atoms with Crippen LogP contribution < -0.4 is 9.47 Å². The third-order valence-electron chi connectivity index (χ3n) is 5.20. The molecule has 10 nitrogen and oxygen atoms in total. The van der Waals surface area contributed by atoms with Crippen LogP contribution in [0.5, 0.6) is 34.5 Å². The van der Waals surface area contributed by atoms with Gasteiger partial charge in [0.05, 0.1) is 11.1 Å². The van der Waals surface area contributed by atoms with Gasteiger partial charge >= 0.3 is 17.9 Å². The van der Waals surface area contributed by atoms with Gasteiger partial charge in [-0.2, -0.15) is 0 Å². The summed E-state index contributed by atoms with van der Waals surface area (Å²) >= 11 is 0. The summed E-state index contributed by atoms with van der Waals surface area (Å²) in [6.07, 6.45) is 5.08. The Morgan fingerprint density at radius 1 is 0.781 bits per heavy atom. The van der Waals surface area contributed by atoms with Gasteiger partial charge in [0.15, 0.2) is 23.0 Å². The number of phenols is 4. The van der Waals surface area contributed by atoms with Crippen LogP contribution in [0.15, 0.2) is 24.3 Å². The molecule has 1 fully saturated rings. The van der Waals surface area contributed by atoms with Crippen molar-refractivity contribution in [3.63, 3.8) is 0 Å². The van der Waals surface area contributed by atoms with E-state index in [0.29, 0.717) is 0 Å². The van der Waals surface area contributed by atoms with Crippen molar-refractivity contribution in [2.24, 2.45) is 5.92 Å². The third kappa shape index (κ3) is 5.20. The van der Waals surface area contributed by atoms with Crippen molar-refractivity contribution in [2.75, 3.05) is 0 Å². The second-order valence-electron chi connectivity index (χ2n) is 7.56. The van der Waals surface area contributed by atoms with Crippen molar-refractivity contribution in [1.82, 2.24) is 0 Å². The average Bonchev–Trinajstić information content (AvgIpc) is 2.74. The van der Waals surface area contributed by atoms with E-state index in [-0.39, 0.29) is 17.9 Å². The molecule has 0 saturated heterocycles. The Balaban J connectivity index is 1.80. The van der Waals surface area contributed by atoms with Gasteiger partial charge < -0.3 is 35.0 Å². The molecule has 0 amide bonds. The van der Waals surface area contributed by atoms with Crippen molar-refractivity contribution in [3.8, 4) is 34.5 Å². The molecule has 2 aromatic rings. The maximum Gasteiger partial charge on any atom is 0.343 e. The number of aromatic carboxylic acids is 1. The van der Waals surface area contributed by atoms with Crippen LogP contribution in [0.4, 0.5) is 0 Å². The lowest BCUT2D eigenvalue weighted by Crippen LogP contribution is -2.17. The molecule has 1 saturated carbocycles. The number of carbonyl (C=O) groups is 3. The SMILES string of the molecule is O=C(CC1CCCCC1)Oc1cc(C(=O)Oc2cc(C(=O)O)cc(O)c2O)cc(O)c1O. The van der Waals surface area contributed by atoms with Gasteiger partial charge in [0.1, 0.15) is 0 Å². The standard InChI is InChI=1S/C22H22O10/c23-14-7-12(21(28)29)9-17(20(14)27)32-22(30)13-8-15(24)19(26)16(10-13)31-18(25)6-11-4-2-1-3-5-11/h7-11,23-24,26-27H,1-6H2,(H,28,29). The lowest BCUT2D eigenvalue weighted by atomic mass is 9.87. The molecule has 0 bridgehead atoms. The number of rotatable bonds is 6. The van der Waals surface area contributed by atoms with Crippen molar-refractivity contribution >= 4 is 17.9 Å². The summed E-state index contributed by atoms with van der Waals surface area (Å²) in [6, 6.07) is 3.40. The lowest BCUT2D eigenvalue weighted by Gasteiger charge is -2.20. The van der Waals surface area contributed by atoms with E-state index >= 15 is 0 Å². The molecule has 10 heteroatoms. The zero-order chi connectivity index (χ0) is 23.4. The van der Waals surface area contributed by atoms with Crippen molar-refractivity contribution in [1.29, 1.82) is 0 Å². The number of carbonyl (C=O) groups excluding carboxylic acids is 2. The van der Waals surface area contributed by atoms with Gasteiger partial charge in [0.2, 0.25) is 11.5 Å². The summed E-state index contributed by atoms with van der Waals surface area (Å²) in [6.45, 7) is 0. The Hall–Kier alpha value is -3.95. The van der Waals surface area contributed by atoms with E-state index in [1.165, 1.54) is 0 Å². The first-order valence-corrected chi connectivity index (χ1v) is 9.93. The Labute approximate surface area is 182 Å². The molecule has 1 aliphatic carbocycles. The molecule has 0 unspecified atom stereocenters. The Morgan fingerprint density at radius 2 is 1.31 bits per heavy atom. The van der Waals surface area contributed by atoms with Crippen molar-refractivity contribution in [3.05, 3.63) is 35.4 Å². The van der Waals surface area contributed by atoms with Crippen LogP contribution in [-0.4, -0.2) is 43.4 Å². The number of benzene rings is 2. The van der Waals surface area contributed by atoms with Gasteiger partial charge in [-0.25, -0.2) is 9.59 Å². The normalized spacial score (nSPS) is 14.0. The Morgan fingerprint density at radius 3 is 1.91 bits per heavy atom. The molecule has 0 spiro atoms. The number of hydrogen-bond acceptors (Lipinski definition) is 9. The van der Waals surface area contributed by atoms with Crippen LogP contribution in [0, 0.1) is 5.92 Å². The maximum absolute atomic E-state index is 12.5. The van der Waals surface area contributed by atoms with Crippen molar-refractivity contribution < 1.29 is 49.4 Å². The smallest absolute Gasteiger partial charge is 0.343 e. The van der Waals surface area contributed by atoms with Gasteiger partial charge in [-0.15, -0.1) is 0 Å². The molecule has 0 atom stereocenters. The van der Waals surface area contributed by atoms with E-state index in [2.05, 4.69) is 0 Å². The van der Waals surface area contributed by atoms with Gasteiger partial charge in [0.25, 0.3) is 0 Å². The second kappa shape index (κ2) is 9.46. The number of carboxylic acids is 1. The van der Waals surface area contributed by atoms with E-state index in [1.807, 2.05) is 0 Å². The van der Waals surface area contributed by atoms with E-state index < -0.39 is 58.0 Å². The van der Waals surface area contributed by atoms with Gasteiger partial charge in [-0.05, 0) is 43.0 Å². The summed E-state index contributed by atoms with van der Waals surface area (Å²) in [5, 5.41) is 48.5. The molecule has 0 heterocycles. The molecule has 32 heavy (non-hydrogen) atoms. The highest BCUT2D eigenvalue weighted by atomic mass is 16.5. The Bertz CT molecular complexity index is 1050. The molecule has 2 aromatic carbocycles. The van der Waals surface area contributed by atoms with E-state index in [1.54, 1.807) is 0 Å². The summed E-state index contributed by atoms with van der Waals surface area (Å²) in [5.41, 5.74) is -0.811. The fourth-order valence-electron chi connectivity index (χ4n) is 3.53. The molecule has 5 N–H and O–H groups in total. The first kappa shape index (κ1) is 22.7. The summed E-state index contributed by atoms with van der Waals surface area (Å²) in [7, 11) is 0. The summed E-state index contributed by atoms with van der Waals surface area (Å²) in [4.78, 5) is 35.8. The fraction of sp³-hybridized carbons (Fsp3) is 0.318. The third-order valence-corrected chi connectivity index (χ3v) is 5.20. The number of hydrogen-bond donors (Lipinski definition) is 5. The highest BCUT2D eigenvalue weighted by Crippen LogP contribution is 2.40. The first-order chi connectivity index (χ1) is 15.2. The van der Waals surface area contributed by atoms with Crippen LogP contribution in [0.25, 0.3) is 0 Å². The number of carboxylic acid groups (broad SMARTS) is 1. The monoisotopic (exact) mass is 446 g/mol. The minimum Gasteiger partial charge on any atom is -0.504 e. The van der Waals surface area contributed by atoms with Gasteiger partial charge in [-0.3, -0.25) is 4.79 Å². The van der Waals surface area contributed by atoms with Crippen LogP contribution in [0.3, 0.4) is 0 Å². The van der Waals surface area contributed by atoms with E-state index in [4.69, 9.17) is 14.6 Å². The van der Waals surface area contributed by atoms with Crippen molar-refractivity contribution in [2.45, 2.75) is 38.5 Å². The largest absolute Gasteiger partial charge is 0.504 e. The highest BCUT2D eigenvalue weighted by Gasteiger charge is 2.23. The predicted molar refractivity (Wildman–Crippen MR) is 108 cm³/mol. The second-order valence-corrected chi connectivity index (χ2v) is 7.56.